The summed E-state index contributed by atoms with van der Waals surface area (Å²) < 4.78 is 11.1. The molecule has 1 aromatic carbocycles. The fraction of sp³-hybridized carbons (Fsp3) is 0.200. The van der Waals surface area contributed by atoms with Gasteiger partial charge in [0.15, 0.2) is 11.5 Å². The number of carbonyl (C=O) groups excluding carboxylic acids is 1. The van der Waals surface area contributed by atoms with Crippen molar-refractivity contribution in [2.24, 2.45) is 0 Å². The fourth-order valence-electron chi connectivity index (χ4n) is 1.94. The highest BCUT2D eigenvalue weighted by Gasteiger charge is 2.26. The van der Waals surface area contributed by atoms with E-state index in [1.165, 1.54) is 0 Å². The topological polar surface area (TPSA) is 60.5 Å². The second-order valence-electron chi connectivity index (χ2n) is 4.40. The third-order valence-corrected chi connectivity index (χ3v) is 2.97. The Bertz CT molecular complexity index is 601. The molecule has 0 spiro atoms. The van der Waals surface area contributed by atoms with Gasteiger partial charge in [0, 0.05) is 6.20 Å². The Kier molecular flexibility index (Phi) is 3.50. The van der Waals surface area contributed by atoms with Gasteiger partial charge in [-0.15, -0.1) is 0 Å². The maximum absolute atomic E-state index is 12.0. The molecule has 0 aliphatic carbocycles. The number of pyridine rings is 1. The van der Waals surface area contributed by atoms with Crippen molar-refractivity contribution in [1.29, 1.82) is 0 Å². The molecule has 0 radical (unpaired) electrons. The predicted molar refractivity (Wildman–Crippen MR) is 72.4 cm³/mol. The van der Waals surface area contributed by atoms with Crippen LogP contribution in [0.1, 0.15) is 5.69 Å². The first kappa shape index (κ1) is 12.5. The Hall–Kier alpha value is -2.56. The van der Waals surface area contributed by atoms with E-state index in [0.29, 0.717) is 18.0 Å². The molecule has 0 unspecified atom stereocenters. The normalized spacial score (nSPS) is 16.5. The van der Waals surface area contributed by atoms with Crippen LogP contribution in [0.25, 0.3) is 0 Å². The minimum Gasteiger partial charge on any atom is -0.485 e. The first-order valence-electron chi connectivity index (χ1n) is 6.39. The van der Waals surface area contributed by atoms with Gasteiger partial charge >= 0.3 is 0 Å². The zero-order valence-electron chi connectivity index (χ0n) is 10.8. The highest BCUT2D eigenvalue weighted by atomic mass is 16.6. The van der Waals surface area contributed by atoms with Crippen molar-refractivity contribution in [2.45, 2.75) is 12.6 Å². The maximum Gasteiger partial charge on any atom is 0.265 e. The van der Waals surface area contributed by atoms with E-state index in [-0.39, 0.29) is 12.5 Å². The van der Waals surface area contributed by atoms with Crippen molar-refractivity contribution in [3.63, 3.8) is 0 Å². The van der Waals surface area contributed by atoms with Crippen LogP contribution in [-0.2, 0) is 11.3 Å². The third-order valence-electron chi connectivity index (χ3n) is 2.97. The number of aromatic nitrogens is 1. The molecule has 0 fully saturated rings. The van der Waals surface area contributed by atoms with E-state index < -0.39 is 6.10 Å². The van der Waals surface area contributed by atoms with E-state index in [0.717, 1.165) is 5.69 Å². The van der Waals surface area contributed by atoms with Crippen molar-refractivity contribution in [3.05, 3.63) is 54.4 Å². The molecule has 1 aromatic heterocycles. The molecule has 5 heteroatoms. The van der Waals surface area contributed by atoms with Crippen LogP contribution in [0.5, 0.6) is 11.5 Å². The summed E-state index contributed by atoms with van der Waals surface area (Å²) in [5.74, 6) is 1.06. The van der Waals surface area contributed by atoms with Crippen LogP contribution in [0.2, 0.25) is 0 Å². The van der Waals surface area contributed by atoms with E-state index in [2.05, 4.69) is 10.3 Å². The Morgan fingerprint density at radius 1 is 1.20 bits per heavy atom. The lowest BCUT2D eigenvalue weighted by molar-refractivity contribution is -0.130. The molecule has 1 amide bonds. The number of carbonyl (C=O) groups is 1. The number of hydrogen-bond acceptors (Lipinski definition) is 4. The quantitative estimate of drug-likeness (QED) is 0.919. The number of ether oxygens (including phenoxy) is 2. The van der Waals surface area contributed by atoms with Gasteiger partial charge in [0.2, 0.25) is 6.10 Å². The summed E-state index contributed by atoms with van der Waals surface area (Å²) >= 11 is 0. The molecule has 0 bridgehead atoms. The van der Waals surface area contributed by atoms with Gasteiger partial charge in [-0.1, -0.05) is 18.2 Å². The summed E-state index contributed by atoms with van der Waals surface area (Å²) in [6, 6.07) is 12.9. The van der Waals surface area contributed by atoms with Crippen LogP contribution in [0.3, 0.4) is 0 Å². The lowest BCUT2D eigenvalue weighted by Gasteiger charge is -2.25. The Labute approximate surface area is 116 Å². The molecule has 3 rings (SSSR count). The summed E-state index contributed by atoms with van der Waals surface area (Å²) in [5, 5.41) is 2.79. The predicted octanol–water partition coefficient (Wildman–Crippen LogP) is 1.54. The lowest BCUT2D eigenvalue weighted by atomic mass is 10.2. The van der Waals surface area contributed by atoms with Gasteiger partial charge in [-0.2, -0.15) is 0 Å². The van der Waals surface area contributed by atoms with E-state index in [4.69, 9.17) is 9.47 Å². The average Bonchev–Trinajstić information content (AvgIpc) is 2.53. The Morgan fingerprint density at radius 2 is 2.00 bits per heavy atom. The number of fused-ring (bicyclic) bond motifs is 1. The second kappa shape index (κ2) is 5.61. The first-order chi connectivity index (χ1) is 9.83. The second-order valence-corrected chi connectivity index (χ2v) is 4.40. The molecule has 1 N–H and O–H groups in total. The molecule has 102 valence electrons. The molecular formula is C15H14N2O3. The van der Waals surface area contributed by atoms with Crippen LogP contribution in [0.4, 0.5) is 0 Å². The van der Waals surface area contributed by atoms with E-state index in [1.54, 1.807) is 12.3 Å². The molecule has 20 heavy (non-hydrogen) atoms. The van der Waals surface area contributed by atoms with Gasteiger partial charge < -0.3 is 14.8 Å². The van der Waals surface area contributed by atoms with Crippen LogP contribution < -0.4 is 14.8 Å². The fourth-order valence-corrected chi connectivity index (χ4v) is 1.94. The van der Waals surface area contributed by atoms with Crippen molar-refractivity contribution in [2.75, 3.05) is 6.61 Å². The van der Waals surface area contributed by atoms with Crippen molar-refractivity contribution < 1.29 is 14.3 Å². The average molecular weight is 270 g/mol. The molecule has 1 atom stereocenters. The summed E-state index contributed by atoms with van der Waals surface area (Å²) in [7, 11) is 0. The largest absolute Gasteiger partial charge is 0.485 e. The first-order valence-corrected chi connectivity index (χ1v) is 6.39. The highest BCUT2D eigenvalue weighted by molar-refractivity contribution is 5.81. The molecule has 0 saturated carbocycles. The van der Waals surface area contributed by atoms with Gasteiger partial charge in [-0.25, -0.2) is 0 Å². The van der Waals surface area contributed by atoms with Crippen LogP contribution in [0, 0.1) is 0 Å². The third kappa shape index (κ3) is 2.71. The van der Waals surface area contributed by atoms with Crippen molar-refractivity contribution >= 4 is 5.91 Å². The molecule has 1 aliphatic heterocycles. The van der Waals surface area contributed by atoms with Gasteiger partial charge in [-0.05, 0) is 24.3 Å². The zero-order valence-corrected chi connectivity index (χ0v) is 10.8. The van der Waals surface area contributed by atoms with E-state index in [9.17, 15) is 4.79 Å². The minimum atomic E-state index is -0.631. The SMILES string of the molecule is O=C(NCc1ccccn1)[C@@H]1COc2ccccc2O1. The highest BCUT2D eigenvalue weighted by Crippen LogP contribution is 2.30. The van der Waals surface area contributed by atoms with Crippen LogP contribution >= 0.6 is 0 Å². The molecular weight excluding hydrogens is 256 g/mol. The maximum atomic E-state index is 12.0. The van der Waals surface area contributed by atoms with Gasteiger partial charge in [0.1, 0.15) is 6.61 Å². The van der Waals surface area contributed by atoms with E-state index >= 15 is 0 Å². The van der Waals surface area contributed by atoms with Crippen LogP contribution in [-0.4, -0.2) is 23.6 Å². The Morgan fingerprint density at radius 3 is 2.80 bits per heavy atom. The smallest absolute Gasteiger partial charge is 0.265 e. The summed E-state index contributed by atoms with van der Waals surface area (Å²) in [5.41, 5.74) is 0.804. The molecule has 5 nitrogen and oxygen atoms in total. The number of amides is 1. The molecule has 2 heterocycles. The number of para-hydroxylation sites is 2. The summed E-state index contributed by atoms with van der Waals surface area (Å²) in [4.78, 5) is 16.2. The lowest BCUT2D eigenvalue weighted by Crippen LogP contribution is -2.43. The number of nitrogens with zero attached hydrogens (tertiary/aromatic N) is 1. The minimum absolute atomic E-state index is 0.204. The molecule has 1 aliphatic rings. The number of hydrogen-bond donors (Lipinski definition) is 1. The van der Waals surface area contributed by atoms with Crippen molar-refractivity contribution in [1.82, 2.24) is 10.3 Å². The van der Waals surface area contributed by atoms with E-state index in [1.807, 2.05) is 36.4 Å². The number of nitrogens with one attached hydrogen (secondary N) is 1. The summed E-state index contributed by atoms with van der Waals surface area (Å²) in [6.07, 6.45) is 1.06. The monoisotopic (exact) mass is 270 g/mol. The Balaban J connectivity index is 1.59. The van der Waals surface area contributed by atoms with Gasteiger partial charge in [-0.3, -0.25) is 9.78 Å². The van der Waals surface area contributed by atoms with Crippen LogP contribution in [0.15, 0.2) is 48.7 Å². The van der Waals surface area contributed by atoms with Crippen molar-refractivity contribution in [3.8, 4) is 11.5 Å². The standard InChI is InChI=1S/C15H14N2O3/c18-15(17-9-11-5-3-4-8-16-11)14-10-19-12-6-1-2-7-13(12)20-14/h1-8,14H,9-10H2,(H,17,18)/t14-/m0/s1. The molecule has 0 saturated heterocycles. The van der Waals surface area contributed by atoms with Gasteiger partial charge in [0.05, 0.1) is 12.2 Å². The number of benzene rings is 1. The molecule has 2 aromatic rings. The zero-order chi connectivity index (χ0) is 13.8. The summed E-state index contributed by atoms with van der Waals surface area (Å²) in [6.45, 7) is 0.590. The van der Waals surface area contributed by atoms with Gasteiger partial charge in [0.25, 0.3) is 5.91 Å². The number of rotatable bonds is 3.